The molecule has 0 saturated heterocycles. The lowest BCUT2D eigenvalue weighted by atomic mass is 10.1. The van der Waals surface area contributed by atoms with E-state index in [1.54, 1.807) is 0 Å². The first-order valence-corrected chi connectivity index (χ1v) is 8.25. The first-order valence-electron chi connectivity index (χ1n) is 7.14. The molecule has 1 unspecified atom stereocenters. The highest BCUT2D eigenvalue weighted by molar-refractivity contribution is 7.85. The lowest BCUT2D eigenvalue weighted by molar-refractivity contribution is 0.633. The summed E-state index contributed by atoms with van der Waals surface area (Å²) in [5.74, 6) is 0.476. The van der Waals surface area contributed by atoms with Gasteiger partial charge in [0.2, 0.25) is 0 Å². The van der Waals surface area contributed by atoms with Gasteiger partial charge in [-0.05, 0) is 45.8 Å². The highest BCUT2D eigenvalue weighted by atomic mass is 32.2. The van der Waals surface area contributed by atoms with Crippen molar-refractivity contribution in [1.29, 1.82) is 0 Å². The van der Waals surface area contributed by atoms with Gasteiger partial charge in [0.1, 0.15) is 11.0 Å². The topological polar surface area (TPSA) is 32.7 Å². The Morgan fingerprint density at radius 2 is 2.00 bits per heavy atom. The fraction of sp³-hybridized carbons (Fsp3) is 0.471. The van der Waals surface area contributed by atoms with Crippen LogP contribution < -0.4 is 0 Å². The molecule has 0 saturated carbocycles. The molecule has 1 heterocycles. The number of rotatable bonds is 4. The molecule has 0 aromatic rings. The summed E-state index contributed by atoms with van der Waals surface area (Å²) in [7, 11) is -1.25. The van der Waals surface area contributed by atoms with E-state index >= 15 is 0 Å². The molecule has 0 bridgehead atoms. The van der Waals surface area contributed by atoms with Crippen LogP contribution in [-0.2, 0) is 11.0 Å². The second-order valence-electron chi connectivity index (χ2n) is 6.44. The van der Waals surface area contributed by atoms with Crippen LogP contribution in [0.15, 0.2) is 52.9 Å². The van der Waals surface area contributed by atoms with Crippen molar-refractivity contribution in [2.24, 2.45) is 10.3 Å². The van der Waals surface area contributed by atoms with Crippen LogP contribution in [0.4, 0.5) is 0 Å². The Kier molecular flexibility index (Phi) is 5.90. The van der Waals surface area contributed by atoms with Gasteiger partial charge < -0.3 is 4.90 Å². The van der Waals surface area contributed by atoms with Gasteiger partial charge in [-0.25, -0.2) is 4.21 Å². The monoisotopic (exact) mass is 306 g/mol. The zero-order valence-electron chi connectivity index (χ0n) is 13.9. The molecule has 21 heavy (non-hydrogen) atoms. The Hall–Kier alpha value is -1.42. The first-order chi connectivity index (χ1) is 9.61. The maximum Gasteiger partial charge on any atom is 0.145 e. The largest absolute Gasteiger partial charge is 0.324 e. The second-order valence-corrected chi connectivity index (χ2v) is 8.35. The average Bonchev–Trinajstić information content (AvgIpc) is 2.36. The van der Waals surface area contributed by atoms with Gasteiger partial charge in [-0.15, -0.1) is 0 Å². The fourth-order valence-corrected chi connectivity index (χ4v) is 2.11. The molecule has 4 heteroatoms. The molecule has 3 nitrogen and oxygen atoms in total. The number of nitrogens with zero attached hydrogens (tertiary/aromatic N) is 2. The average molecular weight is 306 g/mol. The number of hydrogen-bond acceptors (Lipinski definition) is 2. The molecule has 0 fully saturated rings. The van der Waals surface area contributed by atoms with E-state index in [4.69, 9.17) is 0 Å². The summed E-state index contributed by atoms with van der Waals surface area (Å²) >= 11 is 0. The van der Waals surface area contributed by atoms with E-state index in [0.717, 1.165) is 17.0 Å². The number of hydrogen-bond donors (Lipinski definition) is 0. The molecule has 1 atom stereocenters. The minimum absolute atomic E-state index is 0.346. The van der Waals surface area contributed by atoms with Crippen molar-refractivity contribution in [3.63, 3.8) is 0 Å². The second kappa shape index (κ2) is 7.03. The maximum absolute atomic E-state index is 12.1. The molecule has 0 radical (unpaired) electrons. The van der Waals surface area contributed by atoms with Gasteiger partial charge in [0.25, 0.3) is 0 Å². The highest BCUT2D eigenvalue weighted by Gasteiger charge is 2.20. The SMILES string of the molecule is C=C1C=CC(/C(C)=N/S(=O)C(C)(C)C)=CN1/C=C\C(C)C. The smallest absolute Gasteiger partial charge is 0.145 e. The van der Waals surface area contributed by atoms with Crippen LogP contribution in [0.3, 0.4) is 0 Å². The maximum atomic E-state index is 12.1. The zero-order chi connectivity index (χ0) is 16.2. The Balaban J connectivity index is 2.99. The lowest BCUT2D eigenvalue weighted by Gasteiger charge is -2.22. The summed E-state index contributed by atoms with van der Waals surface area (Å²) in [6, 6.07) is 0. The molecule has 1 aliphatic heterocycles. The Morgan fingerprint density at radius 1 is 1.38 bits per heavy atom. The van der Waals surface area contributed by atoms with Crippen molar-refractivity contribution < 1.29 is 4.21 Å². The summed E-state index contributed by atoms with van der Waals surface area (Å²) in [5.41, 5.74) is 2.63. The van der Waals surface area contributed by atoms with Gasteiger partial charge in [0.15, 0.2) is 0 Å². The number of allylic oxidation sites excluding steroid dienone is 4. The molecule has 116 valence electrons. The lowest BCUT2D eigenvalue weighted by Crippen LogP contribution is -2.21. The quantitative estimate of drug-likeness (QED) is 0.723. The molecule has 0 amide bonds. The van der Waals surface area contributed by atoms with Gasteiger partial charge in [-0.2, -0.15) is 4.40 Å². The van der Waals surface area contributed by atoms with Crippen molar-refractivity contribution >= 4 is 16.7 Å². The first kappa shape index (κ1) is 17.6. The van der Waals surface area contributed by atoms with Crippen LogP contribution in [-0.4, -0.2) is 19.6 Å². The predicted octanol–water partition coefficient (Wildman–Crippen LogP) is 4.35. The summed E-state index contributed by atoms with van der Waals surface area (Å²) in [6.07, 6.45) is 9.99. The molecule has 0 spiro atoms. The Morgan fingerprint density at radius 3 is 2.52 bits per heavy atom. The van der Waals surface area contributed by atoms with Crippen molar-refractivity contribution in [3.05, 3.63) is 48.5 Å². The van der Waals surface area contributed by atoms with Gasteiger partial charge in [-0.1, -0.05) is 26.5 Å². The van der Waals surface area contributed by atoms with Crippen molar-refractivity contribution in [3.8, 4) is 0 Å². The van der Waals surface area contributed by atoms with E-state index < -0.39 is 11.0 Å². The molecule has 0 aliphatic carbocycles. The molecule has 0 aromatic carbocycles. The van der Waals surface area contributed by atoms with Crippen LogP contribution in [0.25, 0.3) is 0 Å². The minimum Gasteiger partial charge on any atom is -0.324 e. The van der Waals surface area contributed by atoms with Gasteiger partial charge in [0, 0.05) is 23.7 Å². The van der Waals surface area contributed by atoms with E-state index in [0.29, 0.717) is 5.92 Å². The molecule has 1 rings (SSSR count). The van der Waals surface area contributed by atoms with Gasteiger partial charge in [-0.3, -0.25) is 0 Å². The van der Waals surface area contributed by atoms with E-state index in [2.05, 4.69) is 30.9 Å². The molecule has 0 aromatic heterocycles. The third-order valence-electron chi connectivity index (χ3n) is 2.86. The molecule has 0 N–H and O–H groups in total. The molecular weight excluding hydrogens is 280 g/mol. The zero-order valence-corrected chi connectivity index (χ0v) is 14.7. The van der Waals surface area contributed by atoms with E-state index in [1.165, 1.54) is 0 Å². The highest BCUT2D eigenvalue weighted by Crippen LogP contribution is 2.19. The van der Waals surface area contributed by atoms with E-state index in [1.807, 2.05) is 57.1 Å². The normalized spacial score (nSPS) is 18.6. The van der Waals surface area contributed by atoms with Crippen LogP contribution in [0, 0.1) is 5.92 Å². The van der Waals surface area contributed by atoms with Crippen molar-refractivity contribution in [1.82, 2.24) is 4.90 Å². The summed E-state index contributed by atoms with van der Waals surface area (Å²) in [4.78, 5) is 1.97. The van der Waals surface area contributed by atoms with Crippen LogP contribution in [0.1, 0.15) is 41.5 Å². The van der Waals surface area contributed by atoms with Gasteiger partial charge >= 0.3 is 0 Å². The van der Waals surface area contributed by atoms with Crippen LogP contribution in [0.5, 0.6) is 0 Å². The third kappa shape index (κ3) is 5.46. The summed E-state index contributed by atoms with van der Waals surface area (Å²) < 4.78 is 16.1. The fourth-order valence-electron chi connectivity index (χ4n) is 1.48. The Labute approximate surface area is 131 Å². The van der Waals surface area contributed by atoms with Crippen LogP contribution in [0.2, 0.25) is 0 Å². The van der Waals surface area contributed by atoms with Crippen molar-refractivity contribution in [2.45, 2.75) is 46.3 Å². The van der Waals surface area contributed by atoms with Gasteiger partial charge in [0.05, 0.1) is 10.5 Å². The minimum atomic E-state index is -1.25. The van der Waals surface area contributed by atoms with E-state index in [-0.39, 0.29) is 4.75 Å². The van der Waals surface area contributed by atoms with Crippen LogP contribution >= 0.6 is 0 Å². The summed E-state index contributed by atoms with van der Waals surface area (Å²) in [6.45, 7) is 15.9. The van der Waals surface area contributed by atoms with E-state index in [9.17, 15) is 4.21 Å². The predicted molar refractivity (Wildman–Crippen MR) is 93.2 cm³/mol. The molecule has 1 aliphatic rings. The standard InChI is InChI=1S/C17H26N2OS/c1-13(2)10-11-19-12-16(9-8-14(19)3)15(4)18-21(20)17(5,6)7/h8-13H,3H2,1-2,4-7H3/b11-10-,18-15+. The van der Waals surface area contributed by atoms with Crippen molar-refractivity contribution in [2.75, 3.05) is 0 Å². The third-order valence-corrected chi connectivity index (χ3v) is 4.35. The molecular formula is C17H26N2OS. The summed E-state index contributed by atoms with van der Waals surface area (Å²) in [5, 5.41) is 0. The Bertz CT molecular complexity index is 546.